The van der Waals surface area contributed by atoms with E-state index in [0.29, 0.717) is 17.3 Å². The van der Waals surface area contributed by atoms with Gasteiger partial charge in [0.15, 0.2) is 6.61 Å². The Labute approximate surface area is 138 Å². The van der Waals surface area contributed by atoms with Gasteiger partial charge in [0.05, 0.1) is 0 Å². The fourth-order valence-electron chi connectivity index (χ4n) is 5.90. The molecular formula is C19H28O4. The first-order valence-electron chi connectivity index (χ1n) is 8.92. The van der Waals surface area contributed by atoms with Crippen LogP contribution in [0.25, 0.3) is 0 Å². The molecule has 2 atom stereocenters. The molecule has 4 bridgehead atoms. The minimum absolute atomic E-state index is 0.309. The lowest BCUT2D eigenvalue weighted by Gasteiger charge is -2.64. The van der Waals surface area contributed by atoms with Crippen LogP contribution in [0.15, 0.2) is 12.7 Å². The summed E-state index contributed by atoms with van der Waals surface area (Å²) >= 11 is 0. The Hall–Kier alpha value is -1.32. The molecule has 4 rings (SSSR count). The van der Waals surface area contributed by atoms with E-state index in [2.05, 4.69) is 20.4 Å². The van der Waals surface area contributed by atoms with Crippen LogP contribution in [0.2, 0.25) is 0 Å². The van der Waals surface area contributed by atoms with E-state index in [9.17, 15) is 9.59 Å². The van der Waals surface area contributed by atoms with E-state index in [1.165, 1.54) is 32.1 Å². The van der Waals surface area contributed by atoms with Gasteiger partial charge in [0.1, 0.15) is 5.60 Å². The first-order valence-corrected chi connectivity index (χ1v) is 8.92. The molecule has 4 saturated carbocycles. The number of rotatable bonds is 6. The predicted octanol–water partition coefficient (Wildman–Crippen LogP) is 3.64. The van der Waals surface area contributed by atoms with E-state index < -0.39 is 11.9 Å². The summed E-state index contributed by atoms with van der Waals surface area (Å²) in [6.45, 7) is 7.59. The second-order valence-electron chi connectivity index (χ2n) is 8.15. The monoisotopic (exact) mass is 320 g/mol. The average Bonchev–Trinajstić information content (AvgIpc) is 2.48. The van der Waals surface area contributed by atoms with Gasteiger partial charge in [-0.3, -0.25) is 0 Å². The van der Waals surface area contributed by atoms with Gasteiger partial charge in [0.25, 0.3) is 0 Å². The predicted molar refractivity (Wildman–Crippen MR) is 86.5 cm³/mol. The number of esters is 2. The van der Waals surface area contributed by atoms with Crippen LogP contribution in [-0.2, 0) is 19.1 Å². The average molecular weight is 320 g/mol. The normalized spacial score (nSPS) is 40.7. The molecule has 2 unspecified atom stereocenters. The maximum Gasteiger partial charge on any atom is 0.344 e. The Morgan fingerprint density at radius 3 is 2.39 bits per heavy atom. The summed E-state index contributed by atoms with van der Waals surface area (Å²) in [7, 11) is 0. The fourth-order valence-corrected chi connectivity index (χ4v) is 5.90. The minimum atomic E-state index is -0.580. The van der Waals surface area contributed by atoms with Crippen molar-refractivity contribution in [3.63, 3.8) is 0 Å². The minimum Gasteiger partial charge on any atom is -0.456 e. The smallest absolute Gasteiger partial charge is 0.344 e. The Kier molecular flexibility index (Phi) is 4.28. The molecule has 4 fully saturated rings. The van der Waals surface area contributed by atoms with Crippen LogP contribution in [0.5, 0.6) is 0 Å². The van der Waals surface area contributed by atoms with Gasteiger partial charge in [0, 0.05) is 6.08 Å². The van der Waals surface area contributed by atoms with E-state index in [-0.39, 0.29) is 12.2 Å². The largest absolute Gasteiger partial charge is 0.456 e. The van der Waals surface area contributed by atoms with Crippen molar-refractivity contribution in [3.05, 3.63) is 12.7 Å². The quantitative estimate of drug-likeness (QED) is 0.554. The van der Waals surface area contributed by atoms with Gasteiger partial charge in [0.2, 0.25) is 0 Å². The van der Waals surface area contributed by atoms with Crippen LogP contribution in [-0.4, -0.2) is 24.1 Å². The third-order valence-electron chi connectivity index (χ3n) is 6.32. The summed E-state index contributed by atoms with van der Waals surface area (Å²) in [6.07, 6.45) is 9.05. The topological polar surface area (TPSA) is 52.6 Å². The molecule has 0 aromatic carbocycles. The van der Waals surface area contributed by atoms with Gasteiger partial charge in [-0.15, -0.1) is 0 Å². The van der Waals surface area contributed by atoms with E-state index in [1.807, 2.05) is 0 Å². The van der Waals surface area contributed by atoms with Gasteiger partial charge in [-0.05, 0) is 61.7 Å². The van der Waals surface area contributed by atoms with Crippen molar-refractivity contribution >= 4 is 11.9 Å². The first kappa shape index (κ1) is 16.5. The standard InChI is InChI=1S/C19H28O4/c1-4-6-19(23-17(21)12-22-16(20)5-2)14-7-13-8-15(19)11-18(3,9-13)10-14/h5,13-15H,2,4,6-12H2,1,3H3. The molecule has 128 valence electrons. The lowest BCUT2D eigenvalue weighted by molar-refractivity contribution is -0.227. The van der Waals surface area contributed by atoms with Gasteiger partial charge < -0.3 is 9.47 Å². The third-order valence-corrected chi connectivity index (χ3v) is 6.32. The van der Waals surface area contributed by atoms with E-state index >= 15 is 0 Å². The zero-order valence-corrected chi connectivity index (χ0v) is 14.3. The lowest BCUT2D eigenvalue weighted by atomic mass is 9.44. The van der Waals surface area contributed by atoms with Crippen molar-refractivity contribution < 1.29 is 19.1 Å². The van der Waals surface area contributed by atoms with E-state index in [4.69, 9.17) is 9.47 Å². The Morgan fingerprint density at radius 2 is 1.87 bits per heavy atom. The number of ether oxygens (including phenoxy) is 2. The maximum atomic E-state index is 12.3. The number of hydrogen-bond donors (Lipinski definition) is 0. The fraction of sp³-hybridized carbons (Fsp3) is 0.789. The van der Waals surface area contributed by atoms with Crippen molar-refractivity contribution in [1.82, 2.24) is 0 Å². The molecule has 4 aliphatic rings. The molecule has 4 heteroatoms. The highest BCUT2D eigenvalue weighted by Gasteiger charge is 2.62. The van der Waals surface area contributed by atoms with Gasteiger partial charge >= 0.3 is 11.9 Å². The Balaban J connectivity index is 1.74. The summed E-state index contributed by atoms with van der Waals surface area (Å²) in [5, 5.41) is 0. The number of carbonyl (C=O) groups excluding carboxylic acids is 2. The van der Waals surface area contributed by atoms with Crippen molar-refractivity contribution in [2.75, 3.05) is 6.61 Å². The Bertz CT molecular complexity index is 493. The molecule has 0 radical (unpaired) electrons. The molecule has 0 aliphatic heterocycles. The molecule has 0 saturated heterocycles. The number of hydrogen-bond acceptors (Lipinski definition) is 4. The second kappa shape index (κ2) is 5.95. The lowest BCUT2D eigenvalue weighted by Crippen LogP contribution is -2.62. The van der Waals surface area contributed by atoms with Crippen molar-refractivity contribution in [3.8, 4) is 0 Å². The molecule has 4 nitrogen and oxygen atoms in total. The molecule has 0 heterocycles. The molecule has 0 aromatic heterocycles. The highest BCUT2D eigenvalue weighted by atomic mass is 16.6. The highest BCUT2D eigenvalue weighted by molar-refractivity contribution is 5.83. The molecule has 0 spiro atoms. The first-order chi connectivity index (χ1) is 10.9. The summed E-state index contributed by atoms with van der Waals surface area (Å²) in [4.78, 5) is 23.4. The third kappa shape index (κ3) is 2.92. The van der Waals surface area contributed by atoms with Gasteiger partial charge in [-0.1, -0.05) is 26.8 Å². The number of carbonyl (C=O) groups is 2. The van der Waals surface area contributed by atoms with Crippen LogP contribution in [0.4, 0.5) is 0 Å². The van der Waals surface area contributed by atoms with Gasteiger partial charge in [-0.2, -0.15) is 0 Å². The van der Waals surface area contributed by atoms with Crippen molar-refractivity contribution in [2.24, 2.45) is 23.2 Å². The molecule has 0 amide bonds. The molecule has 0 N–H and O–H groups in total. The molecule has 4 aliphatic carbocycles. The molecule has 0 aromatic rings. The summed E-state index contributed by atoms with van der Waals surface area (Å²) < 4.78 is 10.9. The highest BCUT2D eigenvalue weighted by Crippen LogP contribution is 2.65. The molecule has 23 heavy (non-hydrogen) atoms. The second-order valence-corrected chi connectivity index (χ2v) is 8.15. The van der Waals surface area contributed by atoms with Crippen LogP contribution in [0.3, 0.4) is 0 Å². The van der Waals surface area contributed by atoms with Crippen LogP contribution < -0.4 is 0 Å². The summed E-state index contributed by atoms with van der Waals surface area (Å²) in [6, 6.07) is 0. The maximum absolute atomic E-state index is 12.3. The van der Waals surface area contributed by atoms with Gasteiger partial charge in [-0.25, -0.2) is 9.59 Å². The SMILES string of the molecule is C=CC(=O)OCC(=O)OC1(CCC)C2CC3CC1CC(C)(C3)C2. The van der Waals surface area contributed by atoms with E-state index in [1.54, 1.807) is 0 Å². The summed E-state index contributed by atoms with van der Waals surface area (Å²) in [5.41, 5.74) is 0.109. The summed E-state index contributed by atoms with van der Waals surface area (Å²) in [5.74, 6) is 0.755. The Morgan fingerprint density at radius 1 is 1.22 bits per heavy atom. The van der Waals surface area contributed by atoms with E-state index in [0.717, 1.165) is 24.8 Å². The zero-order valence-electron chi connectivity index (χ0n) is 14.3. The van der Waals surface area contributed by atoms with Crippen LogP contribution >= 0.6 is 0 Å². The van der Waals surface area contributed by atoms with Crippen molar-refractivity contribution in [1.29, 1.82) is 0 Å². The molecular weight excluding hydrogens is 292 g/mol. The van der Waals surface area contributed by atoms with Crippen LogP contribution in [0, 0.1) is 23.2 Å². The van der Waals surface area contributed by atoms with Crippen LogP contribution in [0.1, 0.15) is 58.8 Å². The zero-order chi connectivity index (χ0) is 16.7. The van der Waals surface area contributed by atoms with Crippen molar-refractivity contribution in [2.45, 2.75) is 64.4 Å².